The van der Waals surface area contributed by atoms with Gasteiger partial charge in [-0.15, -0.1) is 11.3 Å². The van der Waals surface area contributed by atoms with Crippen molar-refractivity contribution in [2.24, 2.45) is 0 Å². The van der Waals surface area contributed by atoms with Gasteiger partial charge in [0.25, 0.3) is 0 Å². The van der Waals surface area contributed by atoms with Crippen LogP contribution in [0.3, 0.4) is 0 Å². The summed E-state index contributed by atoms with van der Waals surface area (Å²) < 4.78 is 0. The Morgan fingerprint density at radius 1 is 1.13 bits per heavy atom. The SMILES string of the molecule is CC(=O)N(c1nc(C[NH+]2CCN(c3ncccn3)CC2)cs1)c1c(C)cccc1C. The molecule has 1 aromatic carbocycles. The van der Waals surface area contributed by atoms with Crippen LogP contribution in [0.4, 0.5) is 16.8 Å². The molecule has 0 spiro atoms. The lowest BCUT2D eigenvalue weighted by molar-refractivity contribution is -0.914. The summed E-state index contributed by atoms with van der Waals surface area (Å²) >= 11 is 1.53. The lowest BCUT2D eigenvalue weighted by atomic mass is 10.1. The van der Waals surface area contributed by atoms with Gasteiger partial charge in [-0.05, 0) is 31.0 Å². The maximum absolute atomic E-state index is 12.5. The summed E-state index contributed by atoms with van der Waals surface area (Å²) in [7, 11) is 0. The fraction of sp³-hybridized carbons (Fsp3) is 0.364. The first-order valence-corrected chi connectivity index (χ1v) is 11.1. The minimum Gasteiger partial charge on any atom is -0.330 e. The minimum absolute atomic E-state index is 0.0166. The van der Waals surface area contributed by atoms with Crippen LogP contribution in [-0.2, 0) is 11.3 Å². The third-order valence-corrected chi connectivity index (χ3v) is 6.32. The number of hydrogen-bond acceptors (Lipinski definition) is 6. The Labute approximate surface area is 181 Å². The maximum atomic E-state index is 12.5. The first kappa shape index (κ1) is 20.4. The first-order valence-electron chi connectivity index (χ1n) is 10.2. The molecule has 3 aromatic rings. The van der Waals surface area contributed by atoms with Gasteiger partial charge in [0.15, 0.2) is 5.13 Å². The Bertz CT molecular complexity index is 993. The largest absolute Gasteiger partial charge is 0.330 e. The lowest BCUT2D eigenvalue weighted by Gasteiger charge is -2.31. The standard InChI is InChI=1S/C22H26N6OS/c1-16-6-4-7-17(2)20(16)28(18(3)29)22-25-19(15-30-22)14-26-10-12-27(13-11-26)21-23-8-5-9-24-21/h4-9,15H,10-14H2,1-3H3/p+1. The number of piperazine rings is 1. The number of rotatable bonds is 5. The van der Waals surface area contributed by atoms with Gasteiger partial charge in [0, 0.05) is 24.7 Å². The highest BCUT2D eigenvalue weighted by Gasteiger charge is 2.25. The molecule has 0 unspecified atom stereocenters. The van der Waals surface area contributed by atoms with Crippen LogP contribution < -0.4 is 14.7 Å². The number of quaternary nitrogens is 1. The fourth-order valence-electron chi connectivity index (χ4n) is 3.94. The molecule has 0 aliphatic carbocycles. The van der Waals surface area contributed by atoms with Crippen LogP contribution >= 0.6 is 11.3 Å². The van der Waals surface area contributed by atoms with Crippen molar-refractivity contribution in [2.75, 3.05) is 36.0 Å². The molecule has 0 bridgehead atoms. The number of carbonyl (C=O) groups is 1. The van der Waals surface area contributed by atoms with Crippen LogP contribution in [-0.4, -0.2) is 47.0 Å². The molecular weight excluding hydrogens is 396 g/mol. The molecule has 30 heavy (non-hydrogen) atoms. The molecule has 1 N–H and O–H groups in total. The van der Waals surface area contributed by atoms with E-state index >= 15 is 0 Å². The van der Waals surface area contributed by atoms with Crippen molar-refractivity contribution in [1.82, 2.24) is 15.0 Å². The summed E-state index contributed by atoms with van der Waals surface area (Å²) in [5.74, 6) is 0.787. The Morgan fingerprint density at radius 3 is 2.43 bits per heavy atom. The molecule has 0 saturated carbocycles. The van der Waals surface area contributed by atoms with E-state index in [1.54, 1.807) is 24.2 Å². The quantitative estimate of drug-likeness (QED) is 0.681. The second-order valence-corrected chi connectivity index (χ2v) is 8.52. The van der Waals surface area contributed by atoms with Gasteiger partial charge in [0.05, 0.1) is 31.9 Å². The van der Waals surface area contributed by atoms with Crippen molar-refractivity contribution in [3.8, 4) is 0 Å². The smallest absolute Gasteiger partial charge is 0.230 e. The molecule has 3 heterocycles. The van der Waals surface area contributed by atoms with Gasteiger partial charge in [-0.25, -0.2) is 15.0 Å². The number of anilines is 3. The molecule has 1 fully saturated rings. The van der Waals surface area contributed by atoms with Gasteiger partial charge < -0.3 is 9.80 Å². The Morgan fingerprint density at radius 2 is 1.80 bits per heavy atom. The van der Waals surface area contributed by atoms with Crippen molar-refractivity contribution in [2.45, 2.75) is 27.3 Å². The van der Waals surface area contributed by atoms with Gasteiger partial charge in [0.2, 0.25) is 11.9 Å². The highest BCUT2D eigenvalue weighted by atomic mass is 32.1. The summed E-state index contributed by atoms with van der Waals surface area (Å²) in [6, 6.07) is 7.93. The van der Waals surface area contributed by atoms with Crippen LogP contribution in [0.1, 0.15) is 23.7 Å². The predicted molar refractivity (Wildman–Crippen MR) is 119 cm³/mol. The molecular formula is C22H27N6OS+. The third-order valence-electron chi connectivity index (χ3n) is 5.45. The van der Waals surface area contributed by atoms with Crippen LogP contribution in [0.15, 0.2) is 42.0 Å². The Kier molecular flexibility index (Phi) is 6.06. The normalized spacial score (nSPS) is 14.7. The molecule has 8 heteroatoms. The topological polar surface area (TPSA) is 66.7 Å². The average molecular weight is 424 g/mol. The number of nitrogens with zero attached hydrogens (tertiary/aromatic N) is 5. The second-order valence-electron chi connectivity index (χ2n) is 7.68. The maximum Gasteiger partial charge on any atom is 0.230 e. The van der Waals surface area contributed by atoms with Crippen molar-refractivity contribution >= 4 is 34.0 Å². The van der Waals surface area contributed by atoms with E-state index in [-0.39, 0.29) is 5.91 Å². The summed E-state index contributed by atoms with van der Waals surface area (Å²) in [5.41, 5.74) is 4.13. The second kappa shape index (κ2) is 8.89. The third kappa shape index (κ3) is 4.34. The van der Waals surface area contributed by atoms with Crippen molar-refractivity contribution in [3.63, 3.8) is 0 Å². The molecule has 1 aliphatic heterocycles. The van der Waals surface area contributed by atoms with Gasteiger partial charge in [0.1, 0.15) is 12.2 Å². The molecule has 7 nitrogen and oxygen atoms in total. The van der Waals surface area contributed by atoms with Crippen LogP contribution in [0, 0.1) is 13.8 Å². The first-order chi connectivity index (χ1) is 14.5. The van der Waals surface area contributed by atoms with Crippen molar-refractivity contribution in [3.05, 3.63) is 58.9 Å². The number of amides is 1. The Hall–Kier alpha value is -2.84. The molecule has 1 aliphatic rings. The van der Waals surface area contributed by atoms with Gasteiger partial charge in [-0.3, -0.25) is 9.69 Å². The molecule has 4 rings (SSSR count). The summed E-state index contributed by atoms with van der Waals surface area (Å²) in [6.45, 7) is 10.4. The van der Waals surface area contributed by atoms with Gasteiger partial charge >= 0.3 is 0 Å². The highest BCUT2D eigenvalue weighted by molar-refractivity contribution is 7.14. The highest BCUT2D eigenvalue weighted by Crippen LogP contribution is 2.33. The number of aromatic nitrogens is 3. The summed E-state index contributed by atoms with van der Waals surface area (Å²) in [5, 5.41) is 2.82. The van der Waals surface area contributed by atoms with Crippen LogP contribution in [0.2, 0.25) is 0 Å². The van der Waals surface area contributed by atoms with Gasteiger partial charge in [-0.1, -0.05) is 18.2 Å². The molecule has 0 radical (unpaired) electrons. The van der Waals surface area contributed by atoms with Crippen LogP contribution in [0.25, 0.3) is 0 Å². The van der Waals surface area contributed by atoms with E-state index in [0.717, 1.165) is 66.3 Å². The number of aryl methyl sites for hydroxylation is 2. The number of hydrogen-bond donors (Lipinski definition) is 1. The van der Waals surface area contributed by atoms with Crippen LogP contribution in [0.5, 0.6) is 0 Å². The minimum atomic E-state index is -0.0166. The van der Waals surface area contributed by atoms with E-state index in [9.17, 15) is 4.79 Å². The van der Waals surface area contributed by atoms with E-state index < -0.39 is 0 Å². The van der Waals surface area contributed by atoms with E-state index in [4.69, 9.17) is 4.98 Å². The van der Waals surface area contributed by atoms with Crippen molar-refractivity contribution in [1.29, 1.82) is 0 Å². The van der Waals surface area contributed by atoms with E-state index in [1.807, 2.05) is 38.1 Å². The average Bonchev–Trinajstić information content (AvgIpc) is 3.19. The molecule has 156 valence electrons. The molecule has 1 amide bonds. The fourth-order valence-corrected chi connectivity index (χ4v) is 4.81. The molecule has 0 atom stereocenters. The zero-order valence-electron chi connectivity index (χ0n) is 17.6. The van der Waals surface area contributed by atoms with E-state index in [2.05, 4.69) is 20.2 Å². The zero-order valence-corrected chi connectivity index (χ0v) is 18.4. The zero-order chi connectivity index (χ0) is 21.1. The summed E-state index contributed by atoms with van der Waals surface area (Å²) in [6.07, 6.45) is 3.57. The number of nitrogens with one attached hydrogen (secondary N) is 1. The number of benzene rings is 1. The molecule has 2 aromatic heterocycles. The summed E-state index contributed by atoms with van der Waals surface area (Å²) in [4.78, 5) is 31.5. The number of carbonyl (C=O) groups excluding carboxylic acids is 1. The predicted octanol–water partition coefficient (Wildman–Crippen LogP) is 2.14. The monoisotopic (exact) mass is 423 g/mol. The van der Waals surface area contributed by atoms with Gasteiger partial charge in [-0.2, -0.15) is 0 Å². The molecule has 1 saturated heterocycles. The van der Waals surface area contributed by atoms with Crippen molar-refractivity contribution < 1.29 is 9.69 Å². The van der Waals surface area contributed by atoms with E-state index in [1.165, 1.54) is 16.2 Å². The Balaban J connectivity index is 1.44. The van der Waals surface area contributed by atoms with E-state index in [0.29, 0.717) is 0 Å². The lowest BCUT2D eigenvalue weighted by Crippen LogP contribution is -3.13. The number of thiazole rings is 1. The number of para-hydroxylation sites is 1.